The monoisotopic (exact) mass is 148 g/mol. The first-order valence-corrected chi connectivity index (χ1v) is 3.30. The molecule has 0 rings (SSSR count). The van der Waals surface area contributed by atoms with E-state index in [2.05, 4.69) is 18.5 Å². The molecule has 0 spiro atoms. The Bertz CT molecular complexity index is 218. The van der Waals surface area contributed by atoms with E-state index in [0.717, 1.165) is 12.1 Å². The predicted octanol–water partition coefficient (Wildman–Crippen LogP) is 1.40. The van der Waals surface area contributed by atoms with Crippen LogP contribution in [0.25, 0.3) is 0 Å². The van der Waals surface area contributed by atoms with Crippen LogP contribution in [-0.4, -0.2) is 13.6 Å². The van der Waals surface area contributed by atoms with Crippen molar-refractivity contribution in [1.29, 1.82) is 5.26 Å². The van der Waals surface area contributed by atoms with Gasteiger partial charge in [-0.1, -0.05) is 19.2 Å². The lowest BCUT2D eigenvalue weighted by molar-refractivity contribution is 0.898. The zero-order valence-electron chi connectivity index (χ0n) is 6.72. The van der Waals surface area contributed by atoms with Gasteiger partial charge >= 0.3 is 0 Å². The summed E-state index contributed by atoms with van der Waals surface area (Å²) in [7, 11) is 1.85. The van der Waals surface area contributed by atoms with Gasteiger partial charge in [0.15, 0.2) is 0 Å². The minimum absolute atomic E-state index is 0.447. The summed E-state index contributed by atoms with van der Waals surface area (Å²) in [5, 5.41) is 11.3. The van der Waals surface area contributed by atoms with E-state index >= 15 is 0 Å². The van der Waals surface area contributed by atoms with E-state index in [9.17, 15) is 0 Å². The standard InChI is InChI=1S/C9H12N2/c1-8(6-10)4-5-9(2)7-11-3/h4-5,11H,1-2,7H2,3H3/b5-4-. The van der Waals surface area contributed by atoms with Crippen LogP contribution in [0.3, 0.4) is 0 Å². The van der Waals surface area contributed by atoms with Gasteiger partial charge in [0.1, 0.15) is 0 Å². The van der Waals surface area contributed by atoms with Crippen molar-refractivity contribution in [3.8, 4) is 6.07 Å². The van der Waals surface area contributed by atoms with Crippen LogP contribution in [0.2, 0.25) is 0 Å². The quantitative estimate of drug-likeness (QED) is 0.483. The van der Waals surface area contributed by atoms with E-state index in [0.29, 0.717) is 5.57 Å². The van der Waals surface area contributed by atoms with Gasteiger partial charge in [0.2, 0.25) is 0 Å². The highest BCUT2D eigenvalue weighted by Crippen LogP contribution is 1.95. The summed E-state index contributed by atoms with van der Waals surface area (Å²) in [5.74, 6) is 0. The van der Waals surface area contributed by atoms with E-state index < -0.39 is 0 Å². The Hall–Kier alpha value is -1.33. The average molecular weight is 148 g/mol. The average Bonchev–Trinajstić information content (AvgIpc) is 2.01. The molecule has 0 fully saturated rings. The van der Waals surface area contributed by atoms with Gasteiger partial charge in [0, 0.05) is 12.1 Å². The predicted molar refractivity (Wildman–Crippen MR) is 47.0 cm³/mol. The normalized spacial score (nSPS) is 9.45. The number of hydrogen-bond donors (Lipinski definition) is 1. The second kappa shape index (κ2) is 5.45. The molecule has 0 heterocycles. The molecule has 0 unspecified atom stereocenters. The number of hydrogen-bond acceptors (Lipinski definition) is 2. The van der Waals surface area contributed by atoms with E-state index in [1.807, 2.05) is 13.1 Å². The molecule has 0 aliphatic heterocycles. The molecule has 2 heteroatoms. The van der Waals surface area contributed by atoms with E-state index in [1.54, 1.807) is 12.2 Å². The Morgan fingerprint density at radius 3 is 2.64 bits per heavy atom. The summed E-state index contributed by atoms with van der Waals surface area (Å²) in [6.45, 7) is 7.98. The van der Waals surface area contributed by atoms with Crippen molar-refractivity contribution in [2.24, 2.45) is 0 Å². The van der Waals surface area contributed by atoms with E-state index in [4.69, 9.17) is 5.26 Å². The van der Waals surface area contributed by atoms with Crippen LogP contribution in [0.15, 0.2) is 36.5 Å². The van der Waals surface area contributed by atoms with Crippen molar-refractivity contribution in [3.63, 3.8) is 0 Å². The van der Waals surface area contributed by atoms with E-state index in [-0.39, 0.29) is 0 Å². The lowest BCUT2D eigenvalue weighted by Gasteiger charge is -1.95. The fraction of sp³-hybridized carbons (Fsp3) is 0.222. The number of likely N-dealkylation sites (N-methyl/N-ethyl adjacent to an activating group) is 1. The summed E-state index contributed by atoms with van der Waals surface area (Å²) >= 11 is 0. The zero-order chi connectivity index (χ0) is 8.69. The van der Waals surface area contributed by atoms with Crippen molar-refractivity contribution < 1.29 is 0 Å². The minimum atomic E-state index is 0.447. The molecular weight excluding hydrogens is 136 g/mol. The minimum Gasteiger partial charge on any atom is -0.316 e. The first kappa shape index (κ1) is 9.67. The molecule has 0 aromatic carbocycles. The van der Waals surface area contributed by atoms with Gasteiger partial charge in [-0.2, -0.15) is 5.26 Å². The molecule has 58 valence electrons. The third kappa shape index (κ3) is 5.13. The summed E-state index contributed by atoms with van der Waals surface area (Å²) in [5.41, 5.74) is 1.38. The van der Waals surface area contributed by atoms with Crippen LogP contribution in [0, 0.1) is 11.3 Å². The van der Waals surface area contributed by atoms with Crippen LogP contribution in [0.1, 0.15) is 0 Å². The third-order valence-electron chi connectivity index (χ3n) is 1.07. The second-order valence-electron chi connectivity index (χ2n) is 2.16. The molecule has 0 amide bonds. The molecule has 0 aromatic heterocycles. The third-order valence-corrected chi connectivity index (χ3v) is 1.07. The van der Waals surface area contributed by atoms with Crippen molar-refractivity contribution >= 4 is 0 Å². The second-order valence-corrected chi connectivity index (χ2v) is 2.16. The van der Waals surface area contributed by atoms with Gasteiger partial charge in [0.25, 0.3) is 0 Å². The van der Waals surface area contributed by atoms with Crippen LogP contribution >= 0.6 is 0 Å². The highest BCUT2D eigenvalue weighted by molar-refractivity contribution is 5.33. The van der Waals surface area contributed by atoms with Crippen molar-refractivity contribution in [3.05, 3.63) is 36.5 Å². The highest BCUT2D eigenvalue weighted by Gasteiger charge is 1.85. The van der Waals surface area contributed by atoms with Gasteiger partial charge in [-0.3, -0.25) is 0 Å². The number of nitriles is 1. The fourth-order valence-corrected chi connectivity index (χ4v) is 0.542. The summed E-state index contributed by atoms with van der Waals surface area (Å²) in [4.78, 5) is 0. The van der Waals surface area contributed by atoms with Crippen LogP contribution in [0.5, 0.6) is 0 Å². The number of rotatable bonds is 4. The van der Waals surface area contributed by atoms with Crippen molar-refractivity contribution in [1.82, 2.24) is 5.32 Å². The van der Waals surface area contributed by atoms with Crippen LogP contribution in [-0.2, 0) is 0 Å². The molecule has 0 aliphatic rings. The number of allylic oxidation sites excluding steroid dienone is 2. The molecule has 0 saturated carbocycles. The van der Waals surface area contributed by atoms with Gasteiger partial charge in [-0.15, -0.1) is 0 Å². The van der Waals surface area contributed by atoms with Gasteiger partial charge in [0.05, 0.1) is 6.07 Å². The number of nitrogens with one attached hydrogen (secondary N) is 1. The molecule has 0 saturated heterocycles. The maximum Gasteiger partial charge on any atom is 0.0985 e. The largest absolute Gasteiger partial charge is 0.316 e. The molecule has 0 aliphatic carbocycles. The molecule has 0 bridgehead atoms. The number of nitrogens with zero attached hydrogens (tertiary/aromatic N) is 1. The van der Waals surface area contributed by atoms with Crippen molar-refractivity contribution in [2.45, 2.75) is 0 Å². The van der Waals surface area contributed by atoms with Crippen LogP contribution in [0.4, 0.5) is 0 Å². The Morgan fingerprint density at radius 2 is 2.18 bits per heavy atom. The highest BCUT2D eigenvalue weighted by atomic mass is 14.8. The van der Waals surface area contributed by atoms with Gasteiger partial charge in [-0.05, 0) is 18.7 Å². The lowest BCUT2D eigenvalue weighted by atomic mass is 10.2. The maximum absolute atomic E-state index is 8.33. The maximum atomic E-state index is 8.33. The Kier molecular flexibility index (Phi) is 4.80. The van der Waals surface area contributed by atoms with Gasteiger partial charge in [-0.25, -0.2) is 0 Å². The molecule has 11 heavy (non-hydrogen) atoms. The zero-order valence-corrected chi connectivity index (χ0v) is 6.72. The molecule has 0 atom stereocenters. The molecule has 1 N–H and O–H groups in total. The Balaban J connectivity index is 3.85. The molecule has 0 radical (unpaired) electrons. The first-order valence-electron chi connectivity index (χ1n) is 3.30. The van der Waals surface area contributed by atoms with Crippen molar-refractivity contribution in [2.75, 3.05) is 13.6 Å². The first-order chi connectivity index (χ1) is 5.20. The molecular formula is C9H12N2. The lowest BCUT2D eigenvalue weighted by Crippen LogP contribution is -2.08. The Morgan fingerprint density at radius 1 is 1.55 bits per heavy atom. The Labute approximate surface area is 67.5 Å². The van der Waals surface area contributed by atoms with Crippen LogP contribution < -0.4 is 5.32 Å². The molecule has 2 nitrogen and oxygen atoms in total. The SMILES string of the molecule is C=C(C#N)/C=C\C(=C)CNC. The summed E-state index contributed by atoms with van der Waals surface area (Å²) < 4.78 is 0. The fourth-order valence-electron chi connectivity index (χ4n) is 0.542. The summed E-state index contributed by atoms with van der Waals surface area (Å²) in [6.07, 6.45) is 3.43. The van der Waals surface area contributed by atoms with Gasteiger partial charge < -0.3 is 5.32 Å². The topological polar surface area (TPSA) is 35.8 Å². The molecule has 0 aromatic rings. The smallest absolute Gasteiger partial charge is 0.0985 e. The van der Waals surface area contributed by atoms with E-state index in [1.165, 1.54) is 0 Å². The summed E-state index contributed by atoms with van der Waals surface area (Å²) in [6, 6.07) is 1.92.